The Morgan fingerprint density at radius 1 is 1.05 bits per heavy atom. The van der Waals surface area contributed by atoms with Crippen LogP contribution in [0.1, 0.15) is 44.1 Å². The predicted molar refractivity (Wildman–Crippen MR) is 74.5 cm³/mol. The molecule has 0 aliphatic heterocycles. The number of benzene rings is 1. The van der Waals surface area contributed by atoms with Crippen molar-refractivity contribution in [3.05, 3.63) is 23.8 Å². The van der Waals surface area contributed by atoms with Gasteiger partial charge >= 0.3 is 0 Å². The van der Waals surface area contributed by atoms with Crippen molar-refractivity contribution >= 4 is 0 Å². The molecule has 4 bridgehead atoms. The second-order valence-corrected chi connectivity index (χ2v) is 7.06. The highest BCUT2D eigenvalue weighted by Gasteiger charge is 2.52. The molecular formula is C17H22O2. The summed E-state index contributed by atoms with van der Waals surface area (Å²) < 4.78 is 5.52. The van der Waals surface area contributed by atoms with E-state index in [0.29, 0.717) is 11.2 Å². The number of rotatable bonds is 2. The highest BCUT2D eigenvalue weighted by atomic mass is 16.5. The Balaban J connectivity index is 1.81. The van der Waals surface area contributed by atoms with Crippen LogP contribution in [-0.4, -0.2) is 12.2 Å². The molecule has 0 radical (unpaired) electrons. The van der Waals surface area contributed by atoms with Gasteiger partial charge < -0.3 is 9.84 Å². The van der Waals surface area contributed by atoms with Crippen LogP contribution in [-0.2, 0) is 5.41 Å². The Hall–Kier alpha value is -1.18. The minimum absolute atomic E-state index is 0.291. The fourth-order valence-electron chi connectivity index (χ4n) is 5.60. The Kier molecular flexibility index (Phi) is 2.39. The minimum Gasteiger partial charge on any atom is -0.504 e. The smallest absolute Gasteiger partial charge is 0.164 e. The minimum atomic E-state index is 0.291. The molecule has 0 spiro atoms. The Morgan fingerprint density at radius 2 is 1.63 bits per heavy atom. The van der Waals surface area contributed by atoms with Crippen molar-refractivity contribution in [1.82, 2.24) is 0 Å². The lowest BCUT2D eigenvalue weighted by Gasteiger charge is -2.57. The Morgan fingerprint density at radius 3 is 2.16 bits per heavy atom. The van der Waals surface area contributed by atoms with Gasteiger partial charge in [-0.1, -0.05) is 12.1 Å². The first-order chi connectivity index (χ1) is 9.20. The first kappa shape index (κ1) is 11.6. The number of para-hydroxylation sites is 1. The molecular weight excluding hydrogens is 236 g/mol. The van der Waals surface area contributed by atoms with Crippen molar-refractivity contribution in [2.45, 2.75) is 43.9 Å². The van der Waals surface area contributed by atoms with Gasteiger partial charge in [-0.15, -0.1) is 0 Å². The third-order valence-corrected chi connectivity index (χ3v) is 5.81. The summed E-state index contributed by atoms with van der Waals surface area (Å²) in [4.78, 5) is 0. The maximum Gasteiger partial charge on any atom is 0.164 e. The molecule has 2 heteroatoms. The molecule has 2 nitrogen and oxygen atoms in total. The van der Waals surface area contributed by atoms with Crippen molar-refractivity contribution in [2.24, 2.45) is 17.8 Å². The molecule has 4 saturated carbocycles. The van der Waals surface area contributed by atoms with Gasteiger partial charge in [0.2, 0.25) is 0 Å². The maximum atomic E-state index is 10.1. The van der Waals surface area contributed by atoms with Gasteiger partial charge in [-0.25, -0.2) is 0 Å². The lowest BCUT2D eigenvalue weighted by atomic mass is 9.48. The van der Waals surface area contributed by atoms with Crippen molar-refractivity contribution < 1.29 is 9.84 Å². The summed E-state index contributed by atoms with van der Waals surface area (Å²) in [7, 11) is 1.68. The summed E-state index contributed by atoms with van der Waals surface area (Å²) >= 11 is 0. The zero-order valence-corrected chi connectivity index (χ0v) is 11.6. The van der Waals surface area contributed by atoms with Gasteiger partial charge in [0.05, 0.1) is 7.11 Å². The lowest BCUT2D eigenvalue weighted by Crippen LogP contribution is -2.48. The molecule has 4 aliphatic rings. The third-order valence-electron chi connectivity index (χ3n) is 5.81. The van der Waals surface area contributed by atoms with Crippen molar-refractivity contribution in [3.8, 4) is 11.5 Å². The first-order valence-electron chi connectivity index (χ1n) is 7.56. The SMILES string of the molecule is COc1c(O)cccc1C12CC3CC(CC(C3)C1)C2. The van der Waals surface area contributed by atoms with Gasteiger partial charge in [0, 0.05) is 5.56 Å². The van der Waals surface area contributed by atoms with Crippen molar-refractivity contribution in [3.63, 3.8) is 0 Å². The van der Waals surface area contributed by atoms with E-state index in [1.54, 1.807) is 13.2 Å². The van der Waals surface area contributed by atoms with Gasteiger partial charge in [0.15, 0.2) is 11.5 Å². The zero-order valence-electron chi connectivity index (χ0n) is 11.6. The Bertz CT molecular complexity index is 471. The maximum absolute atomic E-state index is 10.1. The predicted octanol–water partition coefficient (Wildman–Crippen LogP) is 3.87. The van der Waals surface area contributed by atoms with Crippen LogP contribution in [0.5, 0.6) is 11.5 Å². The summed E-state index contributed by atoms with van der Waals surface area (Å²) in [6.45, 7) is 0. The molecule has 0 aromatic heterocycles. The van der Waals surface area contributed by atoms with Crippen LogP contribution in [0.3, 0.4) is 0 Å². The molecule has 1 aromatic rings. The normalized spacial score (nSPS) is 39.5. The summed E-state index contributed by atoms with van der Waals surface area (Å²) in [5.74, 6) is 3.77. The molecule has 4 aliphatic carbocycles. The summed E-state index contributed by atoms with van der Waals surface area (Å²) in [6.07, 6.45) is 8.25. The molecule has 0 amide bonds. The number of ether oxygens (including phenoxy) is 1. The van der Waals surface area contributed by atoms with E-state index in [4.69, 9.17) is 4.74 Å². The van der Waals surface area contributed by atoms with Crippen LogP contribution < -0.4 is 4.74 Å². The number of aromatic hydroxyl groups is 1. The van der Waals surface area contributed by atoms with Crippen LogP contribution in [0.2, 0.25) is 0 Å². The quantitative estimate of drug-likeness (QED) is 0.872. The van der Waals surface area contributed by atoms with Crippen LogP contribution >= 0.6 is 0 Å². The van der Waals surface area contributed by atoms with Crippen LogP contribution in [0, 0.1) is 17.8 Å². The summed E-state index contributed by atoms with van der Waals surface area (Å²) in [6, 6.07) is 5.90. The topological polar surface area (TPSA) is 29.5 Å². The summed E-state index contributed by atoms with van der Waals surface area (Å²) in [5.41, 5.74) is 1.56. The first-order valence-corrected chi connectivity index (χ1v) is 7.56. The largest absolute Gasteiger partial charge is 0.504 e. The molecule has 102 valence electrons. The van der Waals surface area contributed by atoms with Gasteiger partial charge in [-0.05, 0) is 67.8 Å². The number of hydrogen-bond donors (Lipinski definition) is 1. The highest BCUT2D eigenvalue weighted by molar-refractivity contribution is 5.50. The fourth-order valence-corrected chi connectivity index (χ4v) is 5.60. The molecule has 4 fully saturated rings. The average molecular weight is 258 g/mol. The molecule has 0 unspecified atom stereocenters. The highest BCUT2D eigenvalue weighted by Crippen LogP contribution is 2.62. The zero-order chi connectivity index (χ0) is 13.0. The van der Waals surface area contributed by atoms with Crippen molar-refractivity contribution in [1.29, 1.82) is 0 Å². The average Bonchev–Trinajstić information content (AvgIpc) is 2.36. The van der Waals surface area contributed by atoms with E-state index in [9.17, 15) is 5.11 Å². The number of phenols is 1. The van der Waals surface area contributed by atoms with E-state index in [1.807, 2.05) is 6.07 Å². The molecule has 0 atom stereocenters. The van der Waals surface area contributed by atoms with E-state index in [2.05, 4.69) is 6.07 Å². The van der Waals surface area contributed by atoms with Crippen molar-refractivity contribution in [2.75, 3.05) is 7.11 Å². The molecule has 1 aromatic carbocycles. The molecule has 5 rings (SSSR count). The van der Waals surface area contributed by atoms with Crippen LogP contribution in [0.4, 0.5) is 0 Å². The number of phenolic OH excluding ortho intramolecular Hbond substituents is 1. The van der Waals surface area contributed by atoms with Crippen LogP contribution in [0.25, 0.3) is 0 Å². The molecule has 19 heavy (non-hydrogen) atoms. The van der Waals surface area contributed by atoms with E-state index in [-0.39, 0.29) is 0 Å². The van der Waals surface area contributed by atoms with Gasteiger partial charge in [-0.2, -0.15) is 0 Å². The molecule has 0 saturated heterocycles. The molecule has 0 heterocycles. The fraction of sp³-hybridized carbons (Fsp3) is 0.647. The monoisotopic (exact) mass is 258 g/mol. The standard InChI is InChI=1S/C17H22O2/c1-19-16-14(3-2-4-15(16)18)17-8-11-5-12(9-17)7-13(6-11)10-17/h2-4,11-13,18H,5-10H2,1H3. The number of hydrogen-bond acceptors (Lipinski definition) is 2. The van der Waals surface area contributed by atoms with E-state index in [1.165, 1.54) is 44.1 Å². The van der Waals surface area contributed by atoms with E-state index >= 15 is 0 Å². The van der Waals surface area contributed by atoms with Crippen LogP contribution in [0.15, 0.2) is 18.2 Å². The third kappa shape index (κ3) is 1.62. The Labute approximate surface area is 114 Å². The molecule has 1 N–H and O–H groups in total. The summed E-state index contributed by atoms with van der Waals surface area (Å²) in [5, 5.41) is 10.1. The van der Waals surface area contributed by atoms with E-state index < -0.39 is 0 Å². The van der Waals surface area contributed by atoms with Gasteiger partial charge in [0.1, 0.15) is 0 Å². The number of methoxy groups -OCH3 is 1. The second-order valence-electron chi connectivity index (χ2n) is 7.06. The second kappa shape index (κ2) is 3.91. The van der Waals surface area contributed by atoms with Gasteiger partial charge in [0.25, 0.3) is 0 Å². The van der Waals surface area contributed by atoms with Gasteiger partial charge in [-0.3, -0.25) is 0 Å². The van der Waals surface area contributed by atoms with E-state index in [0.717, 1.165) is 23.5 Å². The lowest BCUT2D eigenvalue weighted by molar-refractivity contribution is -0.00629.